The van der Waals surface area contributed by atoms with Crippen LogP contribution < -0.4 is 15.4 Å². The smallest absolute Gasteiger partial charge is 0.191 e. The second kappa shape index (κ2) is 12.3. The molecule has 6 nitrogen and oxygen atoms in total. The summed E-state index contributed by atoms with van der Waals surface area (Å²) >= 11 is 0. The molecule has 0 unspecified atom stereocenters. The Hall–Kier alpha value is -1.09. The van der Waals surface area contributed by atoms with E-state index in [1.807, 2.05) is 20.0 Å². The van der Waals surface area contributed by atoms with Crippen molar-refractivity contribution >= 4 is 29.9 Å². The van der Waals surface area contributed by atoms with Crippen molar-refractivity contribution in [2.24, 2.45) is 4.99 Å². The first-order chi connectivity index (χ1) is 12.2. The number of piperidine rings is 1. The van der Waals surface area contributed by atoms with Gasteiger partial charge in [-0.2, -0.15) is 0 Å². The summed E-state index contributed by atoms with van der Waals surface area (Å²) in [5.74, 6) is 1.75. The summed E-state index contributed by atoms with van der Waals surface area (Å²) in [7, 11) is 1.70. The molecule has 0 amide bonds. The number of hydrogen-bond donors (Lipinski definition) is 2. The summed E-state index contributed by atoms with van der Waals surface area (Å²) in [5.41, 5.74) is 3.07. The number of nitrogens with zero attached hydrogens (tertiary/aromatic N) is 3. The van der Waals surface area contributed by atoms with Crippen LogP contribution in [0.5, 0.6) is 5.75 Å². The van der Waals surface area contributed by atoms with Gasteiger partial charge in [-0.3, -0.25) is 4.98 Å². The summed E-state index contributed by atoms with van der Waals surface area (Å²) < 4.78 is 5.48. The molecule has 0 aromatic carbocycles. The number of methoxy groups -OCH3 is 1. The summed E-state index contributed by atoms with van der Waals surface area (Å²) in [6, 6.07) is 0. The third-order valence-corrected chi connectivity index (χ3v) is 4.65. The van der Waals surface area contributed by atoms with Gasteiger partial charge in [-0.15, -0.1) is 24.0 Å². The van der Waals surface area contributed by atoms with E-state index >= 15 is 0 Å². The Morgan fingerprint density at radius 2 is 1.96 bits per heavy atom. The molecule has 2 heterocycles. The number of aryl methyl sites for hydroxylation is 1. The third-order valence-electron chi connectivity index (χ3n) is 4.65. The average Bonchev–Trinajstić information content (AvgIpc) is 2.62. The van der Waals surface area contributed by atoms with E-state index in [0.717, 1.165) is 48.2 Å². The molecule has 0 atom stereocenters. The highest BCUT2D eigenvalue weighted by Gasteiger charge is 2.11. The lowest BCUT2D eigenvalue weighted by atomic mass is 10.1. The van der Waals surface area contributed by atoms with Gasteiger partial charge in [0, 0.05) is 37.0 Å². The zero-order chi connectivity index (χ0) is 18.1. The van der Waals surface area contributed by atoms with Gasteiger partial charge in [0.15, 0.2) is 5.96 Å². The van der Waals surface area contributed by atoms with Crippen LogP contribution in [-0.2, 0) is 6.54 Å². The topological polar surface area (TPSA) is 61.8 Å². The Balaban J connectivity index is 0.00000338. The van der Waals surface area contributed by atoms with Crippen LogP contribution in [0.25, 0.3) is 0 Å². The van der Waals surface area contributed by atoms with Gasteiger partial charge in [-0.25, -0.2) is 4.99 Å². The maximum absolute atomic E-state index is 5.48. The fourth-order valence-electron chi connectivity index (χ4n) is 3.24. The van der Waals surface area contributed by atoms with Crippen LogP contribution in [0.1, 0.15) is 43.0 Å². The van der Waals surface area contributed by atoms with Crippen molar-refractivity contribution in [2.75, 3.05) is 39.8 Å². The number of ether oxygens (including phenoxy) is 1. The molecule has 2 N–H and O–H groups in total. The highest BCUT2D eigenvalue weighted by molar-refractivity contribution is 14.0. The molecule has 148 valence electrons. The molecule has 1 aliphatic rings. The molecule has 0 aliphatic carbocycles. The molecule has 26 heavy (non-hydrogen) atoms. The molecule has 0 saturated carbocycles. The van der Waals surface area contributed by atoms with Gasteiger partial charge in [0.05, 0.1) is 19.3 Å². The SMILES string of the molecule is CCNC(=NCc1ncc(C)c(OC)c1C)NCCN1CCCCC1.I. The first-order valence-corrected chi connectivity index (χ1v) is 9.39. The number of halogens is 1. The molecule has 2 rings (SSSR count). The highest BCUT2D eigenvalue weighted by atomic mass is 127. The van der Waals surface area contributed by atoms with Crippen molar-refractivity contribution < 1.29 is 4.74 Å². The van der Waals surface area contributed by atoms with E-state index in [-0.39, 0.29) is 24.0 Å². The number of nitrogens with one attached hydrogen (secondary N) is 2. The van der Waals surface area contributed by atoms with Crippen LogP contribution in [-0.4, -0.2) is 55.7 Å². The molecule has 1 aliphatic heterocycles. The number of hydrogen-bond acceptors (Lipinski definition) is 4. The Bertz CT molecular complexity index is 573. The molecule has 0 radical (unpaired) electrons. The highest BCUT2D eigenvalue weighted by Crippen LogP contribution is 2.24. The number of guanidine groups is 1. The first-order valence-electron chi connectivity index (χ1n) is 9.39. The van der Waals surface area contributed by atoms with E-state index in [1.165, 1.54) is 32.4 Å². The lowest BCUT2D eigenvalue weighted by molar-refractivity contribution is 0.232. The van der Waals surface area contributed by atoms with Crippen molar-refractivity contribution in [1.82, 2.24) is 20.5 Å². The fourth-order valence-corrected chi connectivity index (χ4v) is 3.24. The normalized spacial score (nSPS) is 15.3. The summed E-state index contributed by atoms with van der Waals surface area (Å²) in [4.78, 5) is 11.7. The van der Waals surface area contributed by atoms with Crippen LogP contribution >= 0.6 is 24.0 Å². The monoisotopic (exact) mass is 475 g/mol. The second-order valence-corrected chi connectivity index (χ2v) is 6.57. The quantitative estimate of drug-likeness (QED) is 0.361. The van der Waals surface area contributed by atoms with Gasteiger partial charge < -0.3 is 20.3 Å². The molecule has 1 fully saturated rings. The maximum Gasteiger partial charge on any atom is 0.191 e. The van der Waals surface area contributed by atoms with Crippen molar-refractivity contribution in [3.8, 4) is 5.75 Å². The Morgan fingerprint density at radius 3 is 2.62 bits per heavy atom. The van der Waals surface area contributed by atoms with Crippen LogP contribution in [0.4, 0.5) is 0 Å². The first kappa shape index (κ1) is 23.0. The molecule has 1 aromatic heterocycles. The molecule has 7 heteroatoms. The van der Waals surface area contributed by atoms with E-state index < -0.39 is 0 Å². The van der Waals surface area contributed by atoms with Gasteiger partial charge in [-0.05, 0) is 46.7 Å². The largest absolute Gasteiger partial charge is 0.496 e. The van der Waals surface area contributed by atoms with Crippen molar-refractivity contribution in [3.05, 3.63) is 23.0 Å². The van der Waals surface area contributed by atoms with Gasteiger partial charge in [0.25, 0.3) is 0 Å². The molecule has 1 aromatic rings. The van der Waals surface area contributed by atoms with Gasteiger partial charge >= 0.3 is 0 Å². The van der Waals surface area contributed by atoms with Crippen LogP contribution in [0, 0.1) is 13.8 Å². The van der Waals surface area contributed by atoms with Crippen molar-refractivity contribution in [1.29, 1.82) is 0 Å². The Labute approximate surface area is 175 Å². The van der Waals surface area contributed by atoms with Gasteiger partial charge in [-0.1, -0.05) is 6.42 Å². The van der Waals surface area contributed by atoms with E-state index in [1.54, 1.807) is 7.11 Å². The van der Waals surface area contributed by atoms with Crippen molar-refractivity contribution in [2.45, 2.75) is 46.6 Å². The number of pyridine rings is 1. The number of likely N-dealkylation sites (tertiary alicyclic amines) is 1. The minimum absolute atomic E-state index is 0. The molecule has 1 saturated heterocycles. The Morgan fingerprint density at radius 1 is 1.23 bits per heavy atom. The molecule has 0 bridgehead atoms. The zero-order valence-corrected chi connectivity index (χ0v) is 18.9. The fraction of sp³-hybridized carbons (Fsp3) is 0.684. The summed E-state index contributed by atoms with van der Waals surface area (Å²) in [6.07, 6.45) is 5.89. The number of aromatic nitrogens is 1. The molecular weight excluding hydrogens is 441 g/mol. The van der Waals surface area contributed by atoms with E-state index in [4.69, 9.17) is 9.73 Å². The Kier molecular flexibility index (Phi) is 10.9. The van der Waals surface area contributed by atoms with Gasteiger partial charge in [0.2, 0.25) is 0 Å². The lowest BCUT2D eigenvalue weighted by Crippen LogP contribution is -2.42. The number of aliphatic imine (C=N–C) groups is 1. The van der Waals surface area contributed by atoms with Crippen LogP contribution in [0.3, 0.4) is 0 Å². The van der Waals surface area contributed by atoms with Crippen LogP contribution in [0.2, 0.25) is 0 Å². The average molecular weight is 475 g/mol. The lowest BCUT2D eigenvalue weighted by Gasteiger charge is -2.26. The standard InChI is InChI=1S/C19H33N5O.HI/c1-5-20-19(21-9-12-24-10-7-6-8-11-24)23-14-17-16(3)18(25-4)15(2)13-22-17;/h13H,5-12,14H2,1-4H3,(H2,20,21,23);1H. The van der Waals surface area contributed by atoms with E-state index in [2.05, 4.69) is 27.4 Å². The van der Waals surface area contributed by atoms with E-state index in [0.29, 0.717) is 6.54 Å². The minimum atomic E-state index is 0. The van der Waals surface area contributed by atoms with Crippen molar-refractivity contribution in [3.63, 3.8) is 0 Å². The molecular formula is C19H34IN5O. The third kappa shape index (κ3) is 6.90. The second-order valence-electron chi connectivity index (χ2n) is 6.57. The number of rotatable bonds is 7. The zero-order valence-electron chi connectivity index (χ0n) is 16.6. The molecule has 0 spiro atoms. The minimum Gasteiger partial charge on any atom is -0.496 e. The summed E-state index contributed by atoms with van der Waals surface area (Å²) in [6.45, 7) is 12.0. The predicted molar refractivity (Wildman–Crippen MR) is 119 cm³/mol. The predicted octanol–water partition coefficient (Wildman–Crippen LogP) is 2.87. The van der Waals surface area contributed by atoms with Gasteiger partial charge in [0.1, 0.15) is 5.75 Å². The van der Waals surface area contributed by atoms with Crippen LogP contribution in [0.15, 0.2) is 11.2 Å². The summed E-state index contributed by atoms with van der Waals surface area (Å²) in [5, 5.41) is 6.75. The van der Waals surface area contributed by atoms with E-state index in [9.17, 15) is 0 Å². The maximum atomic E-state index is 5.48.